The highest BCUT2D eigenvalue weighted by Gasteiger charge is 2.20. The second kappa shape index (κ2) is 6.57. The summed E-state index contributed by atoms with van der Waals surface area (Å²) >= 11 is 9.17. The van der Waals surface area contributed by atoms with Crippen molar-refractivity contribution in [3.8, 4) is 0 Å². The first kappa shape index (κ1) is 13.9. The van der Waals surface area contributed by atoms with Gasteiger partial charge in [0.25, 0.3) is 0 Å². The molecule has 1 rings (SSSR count). The molecular weight excluding hydrogens is 293 g/mol. The van der Waals surface area contributed by atoms with Gasteiger partial charge < -0.3 is 15.5 Å². The van der Waals surface area contributed by atoms with Gasteiger partial charge in [-0.15, -0.1) is 0 Å². The normalized spacial score (nSPS) is 14.8. The number of aliphatic hydroxyl groups excluding tert-OH is 2. The van der Waals surface area contributed by atoms with Gasteiger partial charge >= 0.3 is 0 Å². The van der Waals surface area contributed by atoms with Crippen LogP contribution in [0.5, 0.6) is 0 Å². The number of hydrogen-bond acceptors (Lipinski definition) is 3. The molecule has 3 N–H and O–H groups in total. The molecule has 5 heteroatoms. The molecule has 0 bridgehead atoms. The lowest BCUT2D eigenvalue weighted by Gasteiger charge is -2.19. The topological polar surface area (TPSA) is 52.5 Å². The Bertz CT molecular complexity index is 349. The molecule has 1 aromatic carbocycles. The SMILES string of the molecule is CNCCC(O)C(O)c1cc(Cl)ccc1Br. The third-order valence-corrected chi connectivity index (χ3v) is 3.29. The zero-order valence-electron chi connectivity index (χ0n) is 8.95. The molecule has 2 unspecified atom stereocenters. The summed E-state index contributed by atoms with van der Waals surface area (Å²) < 4.78 is 0.743. The van der Waals surface area contributed by atoms with E-state index < -0.39 is 12.2 Å². The number of rotatable bonds is 5. The Kier molecular flexibility index (Phi) is 5.72. The van der Waals surface area contributed by atoms with E-state index in [-0.39, 0.29) is 0 Å². The summed E-state index contributed by atoms with van der Waals surface area (Å²) in [6.07, 6.45) is -1.25. The summed E-state index contributed by atoms with van der Waals surface area (Å²) in [6.45, 7) is 0.649. The van der Waals surface area contributed by atoms with Gasteiger partial charge in [0.2, 0.25) is 0 Å². The number of nitrogens with one attached hydrogen (secondary N) is 1. The highest BCUT2D eigenvalue weighted by atomic mass is 79.9. The van der Waals surface area contributed by atoms with Gasteiger partial charge in [-0.25, -0.2) is 0 Å². The Balaban J connectivity index is 2.78. The third kappa shape index (κ3) is 3.71. The van der Waals surface area contributed by atoms with Crippen molar-refractivity contribution in [1.29, 1.82) is 0 Å². The quantitative estimate of drug-likeness (QED) is 0.781. The Morgan fingerprint density at radius 1 is 1.44 bits per heavy atom. The summed E-state index contributed by atoms with van der Waals surface area (Å²) in [5.41, 5.74) is 0.608. The molecule has 90 valence electrons. The van der Waals surface area contributed by atoms with Gasteiger partial charge in [0, 0.05) is 9.50 Å². The highest BCUT2D eigenvalue weighted by molar-refractivity contribution is 9.10. The van der Waals surface area contributed by atoms with Crippen LogP contribution < -0.4 is 5.32 Å². The molecule has 0 aliphatic carbocycles. The zero-order valence-corrected chi connectivity index (χ0v) is 11.3. The van der Waals surface area contributed by atoms with Crippen molar-refractivity contribution in [2.75, 3.05) is 13.6 Å². The van der Waals surface area contributed by atoms with E-state index in [1.54, 1.807) is 25.2 Å². The van der Waals surface area contributed by atoms with Crippen LogP contribution in [0, 0.1) is 0 Å². The van der Waals surface area contributed by atoms with Crippen LogP contribution in [-0.2, 0) is 0 Å². The van der Waals surface area contributed by atoms with Crippen molar-refractivity contribution in [3.05, 3.63) is 33.3 Å². The molecular formula is C11H15BrClNO2. The summed E-state index contributed by atoms with van der Waals surface area (Å²) in [4.78, 5) is 0. The Hall–Kier alpha value is -0.130. The van der Waals surface area contributed by atoms with Gasteiger partial charge in [0.15, 0.2) is 0 Å². The van der Waals surface area contributed by atoms with Crippen LogP contribution in [0.1, 0.15) is 18.1 Å². The van der Waals surface area contributed by atoms with Gasteiger partial charge in [0.1, 0.15) is 6.10 Å². The van der Waals surface area contributed by atoms with E-state index in [0.29, 0.717) is 23.6 Å². The summed E-state index contributed by atoms with van der Waals surface area (Å²) in [5, 5.41) is 23.2. The van der Waals surface area contributed by atoms with Crippen molar-refractivity contribution in [2.24, 2.45) is 0 Å². The molecule has 0 aliphatic heterocycles. The molecule has 0 radical (unpaired) electrons. The third-order valence-electron chi connectivity index (χ3n) is 2.33. The first-order valence-electron chi connectivity index (χ1n) is 5.02. The van der Waals surface area contributed by atoms with E-state index in [0.717, 1.165) is 4.47 Å². The van der Waals surface area contributed by atoms with Crippen molar-refractivity contribution >= 4 is 27.5 Å². The van der Waals surface area contributed by atoms with Crippen LogP contribution in [0.25, 0.3) is 0 Å². The predicted molar refractivity (Wildman–Crippen MR) is 68.7 cm³/mol. The summed E-state index contributed by atoms with van der Waals surface area (Å²) in [6, 6.07) is 5.13. The van der Waals surface area contributed by atoms with Gasteiger partial charge in [-0.05, 0) is 43.8 Å². The van der Waals surface area contributed by atoms with E-state index in [1.165, 1.54) is 0 Å². The minimum Gasteiger partial charge on any atom is -0.390 e. The minimum atomic E-state index is -0.929. The molecule has 1 aromatic rings. The van der Waals surface area contributed by atoms with E-state index in [1.807, 2.05) is 0 Å². The summed E-state index contributed by atoms with van der Waals surface area (Å²) in [7, 11) is 1.80. The fourth-order valence-corrected chi connectivity index (χ4v) is 2.06. The van der Waals surface area contributed by atoms with Crippen LogP contribution in [0.4, 0.5) is 0 Å². The second-order valence-electron chi connectivity index (χ2n) is 3.57. The maximum absolute atomic E-state index is 9.95. The molecule has 0 fully saturated rings. The van der Waals surface area contributed by atoms with E-state index >= 15 is 0 Å². The van der Waals surface area contributed by atoms with Crippen molar-refractivity contribution in [3.63, 3.8) is 0 Å². The van der Waals surface area contributed by atoms with Crippen LogP contribution >= 0.6 is 27.5 Å². The lowest BCUT2D eigenvalue weighted by atomic mass is 10.0. The van der Waals surface area contributed by atoms with Crippen LogP contribution in [0.15, 0.2) is 22.7 Å². The number of hydrogen-bond donors (Lipinski definition) is 3. The molecule has 0 saturated carbocycles. The van der Waals surface area contributed by atoms with E-state index in [2.05, 4.69) is 21.2 Å². The smallest absolute Gasteiger partial charge is 0.106 e. The molecule has 0 saturated heterocycles. The maximum atomic E-state index is 9.95. The first-order chi connectivity index (χ1) is 7.56. The fraction of sp³-hybridized carbons (Fsp3) is 0.455. The van der Waals surface area contributed by atoms with Gasteiger partial charge in [-0.3, -0.25) is 0 Å². The van der Waals surface area contributed by atoms with Crippen molar-refractivity contribution < 1.29 is 10.2 Å². The van der Waals surface area contributed by atoms with Crippen LogP contribution in [0.2, 0.25) is 5.02 Å². The standard InChI is InChI=1S/C11H15BrClNO2/c1-14-5-4-10(15)11(16)8-6-7(13)2-3-9(8)12/h2-3,6,10-11,14-16H,4-5H2,1H3. The van der Waals surface area contributed by atoms with Gasteiger partial charge in [0.05, 0.1) is 6.10 Å². The average Bonchev–Trinajstić information content (AvgIpc) is 2.28. The molecule has 3 nitrogen and oxygen atoms in total. The Labute approximate surface area is 109 Å². The molecule has 16 heavy (non-hydrogen) atoms. The van der Waals surface area contributed by atoms with Crippen LogP contribution in [-0.4, -0.2) is 29.9 Å². The lowest BCUT2D eigenvalue weighted by Crippen LogP contribution is -2.23. The van der Waals surface area contributed by atoms with Gasteiger partial charge in [-0.2, -0.15) is 0 Å². The average molecular weight is 309 g/mol. The summed E-state index contributed by atoms with van der Waals surface area (Å²) in [5.74, 6) is 0. The van der Waals surface area contributed by atoms with E-state index in [4.69, 9.17) is 11.6 Å². The van der Waals surface area contributed by atoms with E-state index in [9.17, 15) is 10.2 Å². The molecule has 0 amide bonds. The maximum Gasteiger partial charge on any atom is 0.106 e. The number of halogens is 2. The van der Waals surface area contributed by atoms with Crippen molar-refractivity contribution in [1.82, 2.24) is 5.32 Å². The minimum absolute atomic E-state index is 0.483. The molecule has 0 heterocycles. The molecule has 0 aromatic heterocycles. The fourth-order valence-electron chi connectivity index (χ4n) is 1.40. The Morgan fingerprint density at radius 3 is 2.75 bits per heavy atom. The largest absolute Gasteiger partial charge is 0.390 e. The monoisotopic (exact) mass is 307 g/mol. The molecule has 0 spiro atoms. The van der Waals surface area contributed by atoms with Crippen LogP contribution in [0.3, 0.4) is 0 Å². The lowest BCUT2D eigenvalue weighted by molar-refractivity contribution is 0.0136. The first-order valence-corrected chi connectivity index (χ1v) is 6.19. The zero-order chi connectivity index (χ0) is 12.1. The van der Waals surface area contributed by atoms with Crippen molar-refractivity contribution in [2.45, 2.75) is 18.6 Å². The van der Waals surface area contributed by atoms with Gasteiger partial charge in [-0.1, -0.05) is 27.5 Å². The Morgan fingerprint density at radius 2 is 2.12 bits per heavy atom. The second-order valence-corrected chi connectivity index (χ2v) is 4.86. The molecule has 2 atom stereocenters. The number of aliphatic hydroxyl groups is 2. The highest BCUT2D eigenvalue weighted by Crippen LogP contribution is 2.29. The number of benzene rings is 1. The predicted octanol–water partition coefficient (Wildman–Crippen LogP) is 2.11. The molecule has 0 aliphatic rings.